The average Bonchev–Trinajstić information content (AvgIpc) is 2.55. The van der Waals surface area contributed by atoms with Crippen molar-refractivity contribution in [3.05, 3.63) is 30.6 Å². The Labute approximate surface area is 126 Å². The predicted molar refractivity (Wildman–Crippen MR) is 89.7 cm³/mol. The quantitative estimate of drug-likeness (QED) is 0.880. The fraction of sp³-hybridized carbons (Fsp3) is 0.471. The second-order valence-corrected chi connectivity index (χ2v) is 5.87. The first-order valence-electron chi connectivity index (χ1n) is 7.78. The zero-order chi connectivity index (χ0) is 14.8. The molecule has 0 atom stereocenters. The number of hydrogen-bond acceptors (Lipinski definition) is 4. The van der Waals surface area contributed by atoms with Crippen LogP contribution in [0.2, 0.25) is 0 Å². The molecule has 21 heavy (non-hydrogen) atoms. The summed E-state index contributed by atoms with van der Waals surface area (Å²) < 4.78 is 0. The van der Waals surface area contributed by atoms with E-state index in [0.29, 0.717) is 6.04 Å². The van der Waals surface area contributed by atoms with Gasteiger partial charge in [0.2, 0.25) is 0 Å². The van der Waals surface area contributed by atoms with Gasteiger partial charge in [0, 0.05) is 60.7 Å². The third-order valence-corrected chi connectivity index (χ3v) is 4.76. The lowest BCUT2D eigenvalue weighted by Gasteiger charge is -2.37. The highest BCUT2D eigenvalue weighted by atomic mass is 15.2. The van der Waals surface area contributed by atoms with E-state index in [1.165, 1.54) is 31.6 Å². The molecule has 1 aromatic heterocycles. The highest BCUT2D eigenvalue weighted by Gasteiger charge is 2.23. The van der Waals surface area contributed by atoms with E-state index in [1.54, 1.807) is 0 Å². The predicted octanol–water partition coefficient (Wildman–Crippen LogP) is 2.74. The molecule has 2 heterocycles. The zero-order valence-corrected chi connectivity index (χ0v) is 12.9. The lowest BCUT2D eigenvalue weighted by atomic mass is 10.0. The van der Waals surface area contributed by atoms with Crippen LogP contribution in [0.1, 0.15) is 19.8 Å². The fourth-order valence-corrected chi connectivity index (χ4v) is 3.33. The maximum absolute atomic E-state index is 6.09. The van der Waals surface area contributed by atoms with Crippen LogP contribution in [0.4, 0.5) is 11.4 Å². The molecule has 0 bridgehead atoms. The molecular formula is C17H24N4. The molecule has 1 saturated heterocycles. The summed E-state index contributed by atoms with van der Waals surface area (Å²) in [4.78, 5) is 9.21. The first-order valence-corrected chi connectivity index (χ1v) is 7.78. The largest absolute Gasteiger partial charge is 0.398 e. The maximum atomic E-state index is 6.09. The van der Waals surface area contributed by atoms with Gasteiger partial charge in [-0.25, -0.2) is 0 Å². The van der Waals surface area contributed by atoms with Gasteiger partial charge in [-0.1, -0.05) is 6.92 Å². The van der Waals surface area contributed by atoms with Gasteiger partial charge in [-0.15, -0.1) is 0 Å². The molecule has 4 heteroatoms. The average molecular weight is 284 g/mol. The molecule has 0 amide bonds. The van der Waals surface area contributed by atoms with E-state index < -0.39 is 0 Å². The number of nitrogens with zero attached hydrogens (tertiary/aromatic N) is 3. The molecule has 1 fully saturated rings. The Balaban J connectivity index is 1.88. The molecule has 0 aliphatic carbocycles. The van der Waals surface area contributed by atoms with Crippen LogP contribution >= 0.6 is 0 Å². The number of benzene rings is 1. The van der Waals surface area contributed by atoms with E-state index in [-0.39, 0.29) is 0 Å². The van der Waals surface area contributed by atoms with Gasteiger partial charge in [0.05, 0.1) is 0 Å². The molecule has 112 valence electrons. The van der Waals surface area contributed by atoms with Crippen molar-refractivity contribution in [2.24, 2.45) is 0 Å². The minimum atomic E-state index is 0.597. The number of hydrogen-bond donors (Lipinski definition) is 1. The summed E-state index contributed by atoms with van der Waals surface area (Å²) in [5, 5.41) is 2.25. The van der Waals surface area contributed by atoms with Gasteiger partial charge < -0.3 is 15.5 Å². The van der Waals surface area contributed by atoms with Gasteiger partial charge in [-0.2, -0.15) is 0 Å². The molecule has 0 saturated carbocycles. The zero-order valence-electron chi connectivity index (χ0n) is 12.9. The van der Waals surface area contributed by atoms with Crippen LogP contribution in [0.25, 0.3) is 10.8 Å². The van der Waals surface area contributed by atoms with Crippen molar-refractivity contribution in [3.8, 4) is 0 Å². The number of aromatic nitrogens is 1. The number of pyridine rings is 1. The molecule has 3 rings (SSSR count). The highest BCUT2D eigenvalue weighted by molar-refractivity contribution is 6.00. The van der Waals surface area contributed by atoms with Gasteiger partial charge in [0.25, 0.3) is 0 Å². The Kier molecular flexibility index (Phi) is 3.97. The number of nitrogens with two attached hydrogens (primary N) is 1. The summed E-state index contributed by atoms with van der Waals surface area (Å²) >= 11 is 0. The first-order chi connectivity index (χ1) is 10.2. The minimum absolute atomic E-state index is 0.597. The van der Waals surface area contributed by atoms with E-state index in [2.05, 4.69) is 34.8 Å². The van der Waals surface area contributed by atoms with Gasteiger partial charge in [-0.3, -0.25) is 4.98 Å². The normalized spacial score (nSPS) is 17.2. The molecule has 4 nitrogen and oxygen atoms in total. The van der Waals surface area contributed by atoms with Crippen molar-refractivity contribution in [2.45, 2.75) is 25.8 Å². The Bertz CT molecular complexity index is 617. The fourth-order valence-electron chi connectivity index (χ4n) is 3.33. The Morgan fingerprint density at radius 3 is 2.71 bits per heavy atom. The number of fused-ring (bicyclic) bond motifs is 1. The summed E-state index contributed by atoms with van der Waals surface area (Å²) in [6.45, 7) is 5.78. The van der Waals surface area contributed by atoms with Gasteiger partial charge in [0.1, 0.15) is 0 Å². The molecule has 0 unspecified atom stereocenters. The van der Waals surface area contributed by atoms with Crippen molar-refractivity contribution in [2.75, 3.05) is 37.3 Å². The molecule has 1 aliphatic heterocycles. The summed E-state index contributed by atoms with van der Waals surface area (Å²) in [6.07, 6.45) is 6.17. The van der Waals surface area contributed by atoms with E-state index in [4.69, 9.17) is 5.73 Å². The number of rotatable bonds is 3. The highest BCUT2D eigenvalue weighted by Crippen LogP contribution is 2.32. The van der Waals surface area contributed by atoms with Crippen LogP contribution < -0.4 is 10.6 Å². The Morgan fingerprint density at radius 2 is 2.00 bits per heavy atom. The van der Waals surface area contributed by atoms with Crippen LogP contribution in [-0.4, -0.2) is 42.6 Å². The van der Waals surface area contributed by atoms with Crippen molar-refractivity contribution in [1.29, 1.82) is 0 Å². The number of likely N-dealkylation sites (tertiary alicyclic amines) is 1. The topological polar surface area (TPSA) is 45.4 Å². The van der Waals surface area contributed by atoms with Crippen LogP contribution in [-0.2, 0) is 0 Å². The summed E-state index contributed by atoms with van der Waals surface area (Å²) in [7, 11) is 2.20. The van der Waals surface area contributed by atoms with Crippen molar-refractivity contribution >= 4 is 22.1 Å². The monoisotopic (exact) mass is 284 g/mol. The molecule has 0 spiro atoms. The minimum Gasteiger partial charge on any atom is -0.398 e. The molecule has 0 radical (unpaired) electrons. The van der Waals surface area contributed by atoms with Crippen LogP contribution in [0.3, 0.4) is 0 Å². The van der Waals surface area contributed by atoms with Crippen LogP contribution in [0, 0.1) is 0 Å². The second kappa shape index (κ2) is 5.90. The van der Waals surface area contributed by atoms with Crippen LogP contribution in [0.5, 0.6) is 0 Å². The summed E-state index contributed by atoms with van der Waals surface area (Å²) in [5.41, 5.74) is 8.15. The first kappa shape index (κ1) is 14.1. The van der Waals surface area contributed by atoms with Gasteiger partial charge in [0.15, 0.2) is 0 Å². The lowest BCUT2D eigenvalue weighted by molar-refractivity contribution is 0.221. The summed E-state index contributed by atoms with van der Waals surface area (Å²) in [5.74, 6) is 0. The third-order valence-electron chi connectivity index (χ3n) is 4.76. The standard InChI is InChI=1S/C17H24N4/c1-3-21-10-7-13(8-11-21)20(2)17-5-4-16(18)14-6-9-19-12-15(14)17/h4-6,9,12-13H,3,7-8,10-11,18H2,1-2H3. The summed E-state index contributed by atoms with van der Waals surface area (Å²) in [6, 6.07) is 6.74. The van der Waals surface area contributed by atoms with Crippen LogP contribution in [0.15, 0.2) is 30.6 Å². The molecule has 2 aromatic rings. The number of nitrogen functional groups attached to an aromatic ring is 1. The Morgan fingerprint density at radius 1 is 1.24 bits per heavy atom. The van der Waals surface area contributed by atoms with Crippen molar-refractivity contribution in [1.82, 2.24) is 9.88 Å². The second-order valence-electron chi connectivity index (χ2n) is 5.87. The Hall–Kier alpha value is -1.81. The lowest BCUT2D eigenvalue weighted by Crippen LogP contribution is -2.43. The SMILES string of the molecule is CCN1CCC(N(C)c2ccc(N)c3ccncc23)CC1. The van der Waals surface area contributed by atoms with E-state index in [0.717, 1.165) is 23.0 Å². The number of piperidine rings is 1. The molecular weight excluding hydrogens is 260 g/mol. The number of anilines is 2. The van der Waals surface area contributed by atoms with Crippen molar-refractivity contribution < 1.29 is 0 Å². The maximum Gasteiger partial charge on any atom is 0.0463 e. The molecule has 1 aliphatic rings. The van der Waals surface area contributed by atoms with Crippen molar-refractivity contribution in [3.63, 3.8) is 0 Å². The van der Waals surface area contributed by atoms with E-state index >= 15 is 0 Å². The van der Waals surface area contributed by atoms with E-state index in [9.17, 15) is 0 Å². The molecule has 2 N–H and O–H groups in total. The van der Waals surface area contributed by atoms with E-state index in [1.807, 2.05) is 24.5 Å². The van der Waals surface area contributed by atoms with Gasteiger partial charge in [-0.05, 0) is 37.6 Å². The molecule has 1 aromatic carbocycles. The third kappa shape index (κ3) is 2.68. The van der Waals surface area contributed by atoms with Gasteiger partial charge >= 0.3 is 0 Å². The smallest absolute Gasteiger partial charge is 0.0463 e.